The van der Waals surface area contributed by atoms with Crippen LogP contribution in [0, 0.1) is 10.1 Å². The van der Waals surface area contributed by atoms with Gasteiger partial charge in [0.15, 0.2) is 0 Å². The largest absolute Gasteiger partial charge is 0.311 e. The maximum atomic E-state index is 10.9. The van der Waals surface area contributed by atoms with Crippen LogP contribution in [0.3, 0.4) is 0 Å². The molecular weight excluding hydrogens is 266 g/mol. The smallest absolute Gasteiger partial charge is 0.273 e. The third kappa shape index (κ3) is 5.14. The SMILES string of the molecule is CCN(CC)CCNCc1cc(Cl)ccc1[N+](=O)[O-]. The summed E-state index contributed by atoms with van der Waals surface area (Å²) in [4.78, 5) is 12.8. The molecule has 0 aliphatic heterocycles. The number of hydrogen-bond donors (Lipinski definition) is 1. The Hall–Kier alpha value is -1.17. The van der Waals surface area contributed by atoms with Crippen LogP contribution in [0.2, 0.25) is 5.02 Å². The molecule has 0 unspecified atom stereocenters. The molecule has 1 aromatic rings. The van der Waals surface area contributed by atoms with E-state index in [-0.39, 0.29) is 10.6 Å². The van der Waals surface area contributed by atoms with Gasteiger partial charge in [0.05, 0.1) is 4.92 Å². The molecule has 0 aromatic heterocycles. The van der Waals surface area contributed by atoms with Gasteiger partial charge in [0, 0.05) is 36.3 Å². The molecule has 0 saturated heterocycles. The first-order valence-corrected chi connectivity index (χ1v) is 6.82. The third-order valence-electron chi connectivity index (χ3n) is 3.05. The molecule has 0 atom stereocenters. The summed E-state index contributed by atoms with van der Waals surface area (Å²) in [5, 5.41) is 14.6. The maximum Gasteiger partial charge on any atom is 0.273 e. The van der Waals surface area contributed by atoms with Crippen LogP contribution < -0.4 is 5.32 Å². The Kier molecular flexibility index (Phi) is 6.77. The summed E-state index contributed by atoms with van der Waals surface area (Å²) in [5.41, 5.74) is 0.733. The number of nitro benzene ring substituents is 1. The summed E-state index contributed by atoms with van der Waals surface area (Å²) in [6.45, 7) is 8.44. The van der Waals surface area contributed by atoms with E-state index in [1.807, 2.05) is 0 Å². The van der Waals surface area contributed by atoms with Crippen LogP contribution in [-0.4, -0.2) is 36.0 Å². The lowest BCUT2D eigenvalue weighted by molar-refractivity contribution is -0.385. The highest BCUT2D eigenvalue weighted by Crippen LogP contribution is 2.22. The minimum atomic E-state index is -0.377. The summed E-state index contributed by atoms with van der Waals surface area (Å²) in [7, 11) is 0. The third-order valence-corrected chi connectivity index (χ3v) is 3.29. The molecule has 1 rings (SSSR count). The van der Waals surface area contributed by atoms with Gasteiger partial charge in [0.2, 0.25) is 0 Å². The summed E-state index contributed by atoms with van der Waals surface area (Å²) < 4.78 is 0. The van der Waals surface area contributed by atoms with E-state index in [4.69, 9.17) is 11.6 Å². The Bertz CT molecular complexity index is 422. The van der Waals surface area contributed by atoms with Crippen molar-refractivity contribution in [1.29, 1.82) is 0 Å². The van der Waals surface area contributed by atoms with E-state index in [1.54, 1.807) is 12.1 Å². The molecule has 19 heavy (non-hydrogen) atoms. The van der Waals surface area contributed by atoms with Crippen LogP contribution in [0.25, 0.3) is 0 Å². The quantitative estimate of drug-likeness (QED) is 0.453. The summed E-state index contributed by atoms with van der Waals surface area (Å²) in [5.74, 6) is 0. The molecule has 1 N–H and O–H groups in total. The fraction of sp³-hybridized carbons (Fsp3) is 0.538. The number of rotatable bonds is 8. The standard InChI is InChI=1S/C13H20ClN3O2/c1-3-16(4-2)8-7-15-10-11-9-12(14)5-6-13(11)17(18)19/h5-6,9,15H,3-4,7-8,10H2,1-2H3. The number of benzene rings is 1. The Balaban J connectivity index is 2.53. The van der Waals surface area contributed by atoms with Gasteiger partial charge >= 0.3 is 0 Å². The Morgan fingerprint density at radius 1 is 1.37 bits per heavy atom. The van der Waals surface area contributed by atoms with E-state index in [2.05, 4.69) is 24.1 Å². The van der Waals surface area contributed by atoms with Gasteiger partial charge in [-0.15, -0.1) is 0 Å². The lowest BCUT2D eigenvalue weighted by atomic mass is 10.2. The predicted octanol–water partition coefficient (Wildman–Crippen LogP) is 2.68. The van der Waals surface area contributed by atoms with Gasteiger partial charge in [-0.05, 0) is 25.2 Å². The summed E-state index contributed by atoms with van der Waals surface area (Å²) >= 11 is 5.87. The molecule has 0 amide bonds. The van der Waals surface area contributed by atoms with Crippen LogP contribution in [-0.2, 0) is 6.54 Å². The molecule has 0 fully saturated rings. The molecule has 0 radical (unpaired) electrons. The van der Waals surface area contributed by atoms with Crippen LogP contribution in [0.15, 0.2) is 18.2 Å². The van der Waals surface area contributed by atoms with E-state index < -0.39 is 0 Å². The normalized spacial score (nSPS) is 10.9. The lowest BCUT2D eigenvalue weighted by Crippen LogP contribution is -2.31. The highest BCUT2D eigenvalue weighted by molar-refractivity contribution is 6.30. The van der Waals surface area contributed by atoms with Crippen molar-refractivity contribution in [2.75, 3.05) is 26.2 Å². The number of nitrogens with one attached hydrogen (secondary N) is 1. The van der Waals surface area contributed by atoms with E-state index in [0.717, 1.165) is 26.2 Å². The number of likely N-dealkylation sites (N-methyl/N-ethyl adjacent to an activating group) is 1. The Morgan fingerprint density at radius 3 is 2.63 bits per heavy atom. The molecule has 0 heterocycles. The van der Waals surface area contributed by atoms with Crippen molar-refractivity contribution in [3.63, 3.8) is 0 Å². The Morgan fingerprint density at radius 2 is 2.05 bits per heavy atom. The molecule has 0 bridgehead atoms. The minimum absolute atomic E-state index is 0.111. The lowest BCUT2D eigenvalue weighted by Gasteiger charge is -2.18. The molecule has 0 aliphatic rings. The number of nitrogens with zero attached hydrogens (tertiary/aromatic N) is 2. The van der Waals surface area contributed by atoms with Crippen molar-refractivity contribution >= 4 is 17.3 Å². The second kappa shape index (κ2) is 8.09. The zero-order chi connectivity index (χ0) is 14.3. The van der Waals surface area contributed by atoms with E-state index in [9.17, 15) is 10.1 Å². The van der Waals surface area contributed by atoms with Crippen LogP contribution in [0.5, 0.6) is 0 Å². The molecule has 0 spiro atoms. The molecule has 1 aromatic carbocycles. The fourth-order valence-electron chi connectivity index (χ4n) is 1.87. The van der Waals surface area contributed by atoms with Crippen LogP contribution in [0.1, 0.15) is 19.4 Å². The average Bonchev–Trinajstić information content (AvgIpc) is 2.38. The van der Waals surface area contributed by atoms with Crippen molar-refractivity contribution in [2.45, 2.75) is 20.4 Å². The van der Waals surface area contributed by atoms with Gasteiger partial charge < -0.3 is 10.2 Å². The van der Waals surface area contributed by atoms with Gasteiger partial charge in [0.25, 0.3) is 5.69 Å². The van der Waals surface area contributed by atoms with Gasteiger partial charge in [-0.25, -0.2) is 0 Å². The van der Waals surface area contributed by atoms with Gasteiger partial charge in [-0.3, -0.25) is 10.1 Å². The molecule has 5 nitrogen and oxygen atoms in total. The van der Waals surface area contributed by atoms with E-state index in [0.29, 0.717) is 17.1 Å². The number of hydrogen-bond acceptors (Lipinski definition) is 4. The molecule has 0 saturated carbocycles. The zero-order valence-electron chi connectivity index (χ0n) is 11.4. The first-order valence-electron chi connectivity index (χ1n) is 6.44. The van der Waals surface area contributed by atoms with Crippen molar-refractivity contribution in [2.24, 2.45) is 0 Å². The van der Waals surface area contributed by atoms with Crippen LogP contribution >= 0.6 is 11.6 Å². The van der Waals surface area contributed by atoms with E-state index in [1.165, 1.54) is 6.07 Å². The second-order valence-corrected chi connectivity index (χ2v) is 4.67. The Labute approximate surface area is 118 Å². The number of nitro groups is 1. The molecule has 106 valence electrons. The van der Waals surface area contributed by atoms with Crippen LogP contribution in [0.4, 0.5) is 5.69 Å². The number of halogens is 1. The monoisotopic (exact) mass is 285 g/mol. The highest BCUT2D eigenvalue weighted by atomic mass is 35.5. The van der Waals surface area contributed by atoms with Gasteiger partial charge in [-0.1, -0.05) is 25.4 Å². The predicted molar refractivity (Wildman–Crippen MR) is 77.6 cm³/mol. The first kappa shape index (κ1) is 15.9. The fourth-order valence-corrected chi connectivity index (χ4v) is 2.07. The van der Waals surface area contributed by atoms with Gasteiger partial charge in [-0.2, -0.15) is 0 Å². The maximum absolute atomic E-state index is 10.9. The molecular formula is C13H20ClN3O2. The van der Waals surface area contributed by atoms with E-state index >= 15 is 0 Å². The summed E-state index contributed by atoms with van der Waals surface area (Å²) in [6.07, 6.45) is 0. The topological polar surface area (TPSA) is 58.4 Å². The molecule has 6 heteroatoms. The average molecular weight is 286 g/mol. The van der Waals surface area contributed by atoms with Gasteiger partial charge in [0.1, 0.15) is 0 Å². The van der Waals surface area contributed by atoms with Crippen molar-refractivity contribution in [3.8, 4) is 0 Å². The zero-order valence-corrected chi connectivity index (χ0v) is 12.1. The first-order chi connectivity index (χ1) is 9.08. The molecule has 0 aliphatic carbocycles. The second-order valence-electron chi connectivity index (χ2n) is 4.23. The summed E-state index contributed by atoms with van der Waals surface area (Å²) in [6, 6.07) is 4.63. The van der Waals surface area contributed by atoms with Crippen molar-refractivity contribution < 1.29 is 4.92 Å². The minimum Gasteiger partial charge on any atom is -0.311 e. The van der Waals surface area contributed by atoms with Crippen molar-refractivity contribution in [1.82, 2.24) is 10.2 Å². The van der Waals surface area contributed by atoms with Crippen molar-refractivity contribution in [3.05, 3.63) is 38.9 Å². The highest BCUT2D eigenvalue weighted by Gasteiger charge is 2.13.